The van der Waals surface area contributed by atoms with Crippen LogP contribution in [0.2, 0.25) is 0 Å². The topological polar surface area (TPSA) is 75.7 Å². The minimum absolute atomic E-state index is 0.136. The molecule has 0 bridgehead atoms. The molecule has 0 spiro atoms. The van der Waals surface area contributed by atoms with Gasteiger partial charge in [-0.25, -0.2) is 8.42 Å². The van der Waals surface area contributed by atoms with E-state index in [1.807, 2.05) is 38.1 Å². The Morgan fingerprint density at radius 1 is 1.00 bits per heavy atom. The molecular formula is C24H26N2O4S. The van der Waals surface area contributed by atoms with Gasteiger partial charge >= 0.3 is 0 Å². The largest absolute Gasteiger partial charge is 0.497 e. The minimum Gasteiger partial charge on any atom is -0.497 e. The Balaban J connectivity index is 2.08. The number of nitrogens with one attached hydrogen (secondary N) is 1. The molecule has 31 heavy (non-hydrogen) atoms. The van der Waals surface area contributed by atoms with Crippen LogP contribution < -0.4 is 14.4 Å². The van der Waals surface area contributed by atoms with Crippen LogP contribution in [0, 0.1) is 6.92 Å². The molecular weight excluding hydrogens is 412 g/mol. The summed E-state index contributed by atoms with van der Waals surface area (Å²) in [6, 6.07) is 20.4. The van der Waals surface area contributed by atoms with Crippen molar-refractivity contribution in [3.05, 3.63) is 83.9 Å². The average molecular weight is 439 g/mol. The van der Waals surface area contributed by atoms with Crippen molar-refractivity contribution in [3.63, 3.8) is 0 Å². The molecule has 7 heteroatoms. The Morgan fingerprint density at radius 3 is 2.19 bits per heavy atom. The molecule has 0 aliphatic heterocycles. The summed E-state index contributed by atoms with van der Waals surface area (Å²) >= 11 is 0. The molecule has 0 saturated heterocycles. The molecule has 0 saturated carbocycles. The highest BCUT2D eigenvalue weighted by Crippen LogP contribution is 2.34. The number of hydrogen-bond acceptors (Lipinski definition) is 4. The smallest absolute Gasteiger partial charge is 0.264 e. The van der Waals surface area contributed by atoms with Crippen molar-refractivity contribution in [1.82, 2.24) is 0 Å². The number of anilines is 2. The highest BCUT2D eigenvalue weighted by Gasteiger charge is 2.30. The Bertz CT molecular complexity index is 1160. The summed E-state index contributed by atoms with van der Waals surface area (Å²) in [7, 11) is -2.33. The predicted molar refractivity (Wildman–Crippen MR) is 123 cm³/mol. The van der Waals surface area contributed by atoms with E-state index in [9.17, 15) is 13.2 Å². The molecule has 0 unspecified atom stereocenters. The van der Waals surface area contributed by atoms with E-state index in [0.717, 1.165) is 11.1 Å². The van der Waals surface area contributed by atoms with Gasteiger partial charge in [-0.3, -0.25) is 9.10 Å². The molecule has 3 rings (SSSR count). The molecule has 1 amide bonds. The Kier molecular flexibility index (Phi) is 6.65. The van der Waals surface area contributed by atoms with Crippen LogP contribution in [0.25, 0.3) is 0 Å². The van der Waals surface area contributed by atoms with Crippen LogP contribution in [-0.2, 0) is 14.8 Å². The van der Waals surface area contributed by atoms with Crippen LogP contribution in [0.3, 0.4) is 0 Å². The third kappa shape index (κ3) is 5.06. The number of amides is 1. The second kappa shape index (κ2) is 9.22. The summed E-state index contributed by atoms with van der Waals surface area (Å²) in [4.78, 5) is 11.4. The highest BCUT2D eigenvalue weighted by molar-refractivity contribution is 7.92. The number of ether oxygens (including phenoxy) is 1. The van der Waals surface area contributed by atoms with Gasteiger partial charge in [-0.15, -0.1) is 0 Å². The van der Waals surface area contributed by atoms with Gasteiger partial charge in [0.1, 0.15) is 5.75 Å². The first-order valence-electron chi connectivity index (χ1n) is 9.85. The summed E-state index contributed by atoms with van der Waals surface area (Å²) in [6.07, 6.45) is 0. The zero-order chi connectivity index (χ0) is 22.6. The molecule has 6 nitrogen and oxygen atoms in total. The predicted octanol–water partition coefficient (Wildman–Crippen LogP) is 4.92. The lowest BCUT2D eigenvalue weighted by atomic mass is 10.1. The summed E-state index contributed by atoms with van der Waals surface area (Å²) in [6.45, 7) is 5.24. The maximum Gasteiger partial charge on any atom is 0.264 e. The fraction of sp³-hybridized carbons (Fsp3) is 0.208. The number of rotatable bonds is 7. The summed E-state index contributed by atoms with van der Waals surface area (Å²) in [5, 5.41) is 2.65. The first-order valence-corrected chi connectivity index (χ1v) is 11.3. The normalized spacial score (nSPS) is 12.1. The van der Waals surface area contributed by atoms with Crippen LogP contribution in [0.15, 0.2) is 77.7 Å². The van der Waals surface area contributed by atoms with Gasteiger partial charge in [-0.1, -0.05) is 29.8 Å². The maximum atomic E-state index is 13.7. The van der Waals surface area contributed by atoms with E-state index in [0.29, 0.717) is 17.1 Å². The van der Waals surface area contributed by atoms with Gasteiger partial charge in [0.05, 0.1) is 23.7 Å². The van der Waals surface area contributed by atoms with Gasteiger partial charge in [0, 0.05) is 12.6 Å². The monoisotopic (exact) mass is 438 g/mol. The lowest BCUT2D eigenvalue weighted by Crippen LogP contribution is -2.33. The number of carbonyl (C=O) groups is 1. The third-order valence-corrected chi connectivity index (χ3v) is 6.85. The van der Waals surface area contributed by atoms with Gasteiger partial charge in [-0.05, 0) is 67.9 Å². The molecule has 0 aliphatic carbocycles. The van der Waals surface area contributed by atoms with E-state index in [-0.39, 0.29) is 10.8 Å². The first kappa shape index (κ1) is 22.4. The lowest BCUT2D eigenvalue weighted by Gasteiger charge is -2.31. The second-order valence-corrected chi connectivity index (χ2v) is 9.11. The summed E-state index contributed by atoms with van der Waals surface area (Å²) in [5.41, 5.74) is 3.00. The van der Waals surface area contributed by atoms with Crippen molar-refractivity contribution in [2.45, 2.75) is 31.7 Å². The maximum absolute atomic E-state index is 13.7. The third-order valence-electron chi connectivity index (χ3n) is 4.93. The van der Waals surface area contributed by atoms with Crippen molar-refractivity contribution in [1.29, 1.82) is 0 Å². The van der Waals surface area contributed by atoms with Gasteiger partial charge in [0.15, 0.2) is 0 Å². The average Bonchev–Trinajstić information content (AvgIpc) is 2.74. The molecule has 3 aromatic rings. The number of hydrogen-bond donors (Lipinski definition) is 1. The van der Waals surface area contributed by atoms with Crippen molar-refractivity contribution in [3.8, 4) is 5.75 Å². The molecule has 0 heterocycles. The Labute approximate surface area is 183 Å². The summed E-state index contributed by atoms with van der Waals surface area (Å²) in [5.74, 6) is 0.424. The molecule has 0 fully saturated rings. The number of benzene rings is 3. The van der Waals surface area contributed by atoms with Crippen LogP contribution in [0.4, 0.5) is 11.4 Å². The van der Waals surface area contributed by atoms with Crippen molar-refractivity contribution >= 4 is 27.3 Å². The fourth-order valence-electron chi connectivity index (χ4n) is 3.39. The molecule has 162 valence electrons. The quantitative estimate of drug-likeness (QED) is 0.568. The van der Waals surface area contributed by atoms with Crippen LogP contribution >= 0.6 is 0 Å². The second-order valence-electron chi connectivity index (χ2n) is 7.29. The van der Waals surface area contributed by atoms with Gasteiger partial charge in [-0.2, -0.15) is 0 Å². The van der Waals surface area contributed by atoms with E-state index in [1.165, 1.54) is 23.4 Å². The number of carbonyl (C=O) groups excluding carboxylic acids is 1. The summed E-state index contributed by atoms with van der Waals surface area (Å²) < 4.78 is 34.1. The van der Waals surface area contributed by atoms with Crippen molar-refractivity contribution in [2.75, 3.05) is 16.7 Å². The van der Waals surface area contributed by atoms with E-state index in [4.69, 9.17) is 4.74 Å². The molecule has 0 aromatic heterocycles. The van der Waals surface area contributed by atoms with E-state index in [1.54, 1.807) is 43.5 Å². The van der Waals surface area contributed by atoms with Crippen LogP contribution in [0.5, 0.6) is 5.75 Å². The molecule has 1 atom stereocenters. The van der Waals surface area contributed by atoms with Crippen molar-refractivity contribution in [2.24, 2.45) is 0 Å². The Hall–Kier alpha value is -3.32. The first-order chi connectivity index (χ1) is 14.7. The fourth-order valence-corrected chi connectivity index (χ4v) is 5.04. The SMILES string of the molecule is COc1ccc(N([C@@H](C)c2cccc(C)c2)S(=O)(=O)c2ccc(NC(C)=O)cc2)cc1. The zero-order valence-electron chi connectivity index (χ0n) is 18.0. The number of sulfonamides is 1. The van der Waals surface area contributed by atoms with E-state index >= 15 is 0 Å². The van der Waals surface area contributed by atoms with E-state index < -0.39 is 16.1 Å². The Morgan fingerprint density at radius 2 is 1.65 bits per heavy atom. The molecule has 3 aromatic carbocycles. The van der Waals surface area contributed by atoms with Gasteiger partial charge in [0.2, 0.25) is 5.91 Å². The zero-order valence-corrected chi connectivity index (χ0v) is 18.8. The highest BCUT2D eigenvalue weighted by atomic mass is 32.2. The molecule has 0 aliphatic rings. The van der Waals surface area contributed by atoms with Crippen molar-refractivity contribution < 1.29 is 17.9 Å². The van der Waals surface area contributed by atoms with Gasteiger partial charge < -0.3 is 10.1 Å². The molecule has 0 radical (unpaired) electrons. The van der Waals surface area contributed by atoms with Crippen LogP contribution in [-0.4, -0.2) is 21.4 Å². The number of nitrogens with zero attached hydrogens (tertiary/aromatic N) is 1. The minimum atomic E-state index is -3.90. The number of aryl methyl sites for hydroxylation is 1. The molecule has 1 N–H and O–H groups in total. The van der Waals surface area contributed by atoms with Gasteiger partial charge in [0.25, 0.3) is 10.0 Å². The standard InChI is InChI=1S/C24H26N2O4S/c1-17-6-5-7-20(16-17)18(2)26(22-10-12-23(30-4)13-11-22)31(28,29)24-14-8-21(9-15-24)25-19(3)27/h5-16,18H,1-4H3,(H,25,27)/t18-/m0/s1. The van der Waals surface area contributed by atoms with E-state index in [2.05, 4.69) is 5.32 Å². The lowest BCUT2D eigenvalue weighted by molar-refractivity contribution is -0.114. The number of methoxy groups -OCH3 is 1. The van der Waals surface area contributed by atoms with Crippen LogP contribution in [0.1, 0.15) is 31.0 Å².